The van der Waals surface area contributed by atoms with E-state index in [1.54, 1.807) is 0 Å². The Hall–Kier alpha value is -0.740. The molecule has 2 rings (SSSR count). The summed E-state index contributed by atoms with van der Waals surface area (Å²) in [6.07, 6.45) is 5.84. The smallest absolute Gasteiger partial charge is 0.0313 e. The van der Waals surface area contributed by atoms with Crippen LogP contribution in [0.25, 0.3) is 0 Å². The van der Waals surface area contributed by atoms with Crippen LogP contribution >= 0.6 is 0 Å². The average Bonchev–Trinajstić information content (AvgIpc) is 2.28. The molecular weight excluding hydrogens is 220 g/mol. The molecule has 0 amide bonds. The van der Waals surface area contributed by atoms with Gasteiger partial charge in [-0.2, -0.15) is 0 Å². The van der Waals surface area contributed by atoms with Crippen LogP contribution in [0, 0.1) is 6.92 Å². The summed E-state index contributed by atoms with van der Waals surface area (Å²) in [7, 11) is -0.565. The standard InChI is InChI=1S/C12H18N2OS/c1-10-6-11(8-13-7-10)9-14-12-2-4-16(15)5-3-12/h6-8,12,14H,2-5,9H2,1H3. The topological polar surface area (TPSA) is 42.0 Å². The molecule has 0 aliphatic carbocycles. The molecule has 1 aliphatic heterocycles. The third-order valence-electron chi connectivity index (χ3n) is 2.91. The van der Waals surface area contributed by atoms with Crippen LogP contribution < -0.4 is 5.32 Å². The fraction of sp³-hybridized carbons (Fsp3) is 0.583. The van der Waals surface area contributed by atoms with E-state index in [0.717, 1.165) is 30.9 Å². The van der Waals surface area contributed by atoms with E-state index >= 15 is 0 Å². The number of aromatic nitrogens is 1. The molecular formula is C12H18N2OS. The summed E-state index contributed by atoms with van der Waals surface area (Å²) in [5.41, 5.74) is 2.43. The maximum absolute atomic E-state index is 11.2. The van der Waals surface area contributed by atoms with Gasteiger partial charge in [-0.05, 0) is 30.9 Å². The van der Waals surface area contributed by atoms with E-state index in [-0.39, 0.29) is 0 Å². The molecule has 0 unspecified atom stereocenters. The first kappa shape index (κ1) is 11.7. The van der Waals surface area contributed by atoms with Gasteiger partial charge in [0, 0.05) is 47.3 Å². The van der Waals surface area contributed by atoms with Crippen molar-refractivity contribution in [3.63, 3.8) is 0 Å². The summed E-state index contributed by atoms with van der Waals surface area (Å²) in [6.45, 7) is 2.92. The fourth-order valence-corrected chi connectivity index (χ4v) is 3.27. The van der Waals surface area contributed by atoms with Crippen molar-refractivity contribution in [2.45, 2.75) is 32.4 Å². The maximum atomic E-state index is 11.2. The highest BCUT2D eigenvalue weighted by molar-refractivity contribution is 7.85. The van der Waals surface area contributed by atoms with Crippen LogP contribution in [-0.4, -0.2) is 26.7 Å². The SMILES string of the molecule is Cc1cncc(CNC2CCS(=O)CC2)c1. The second-order valence-corrected chi connectivity index (χ2v) is 6.07. The first-order valence-electron chi connectivity index (χ1n) is 5.73. The van der Waals surface area contributed by atoms with Gasteiger partial charge in [-0.25, -0.2) is 0 Å². The highest BCUT2D eigenvalue weighted by Crippen LogP contribution is 2.10. The lowest BCUT2D eigenvalue weighted by Crippen LogP contribution is -2.35. The predicted octanol–water partition coefficient (Wildman–Crippen LogP) is 1.39. The minimum Gasteiger partial charge on any atom is -0.310 e. The molecule has 0 aromatic carbocycles. The van der Waals surface area contributed by atoms with Crippen molar-refractivity contribution in [2.24, 2.45) is 0 Å². The third-order valence-corrected chi connectivity index (χ3v) is 4.30. The van der Waals surface area contributed by atoms with Gasteiger partial charge in [0.15, 0.2) is 0 Å². The molecule has 4 heteroatoms. The molecule has 1 fully saturated rings. The van der Waals surface area contributed by atoms with Crippen molar-refractivity contribution in [1.82, 2.24) is 10.3 Å². The zero-order valence-corrected chi connectivity index (χ0v) is 10.4. The summed E-state index contributed by atoms with van der Waals surface area (Å²) in [5, 5.41) is 3.51. The number of hydrogen-bond donors (Lipinski definition) is 1. The summed E-state index contributed by atoms with van der Waals surface area (Å²) in [6, 6.07) is 2.68. The van der Waals surface area contributed by atoms with Crippen LogP contribution in [0.2, 0.25) is 0 Å². The van der Waals surface area contributed by atoms with Crippen molar-refractivity contribution >= 4 is 10.8 Å². The van der Waals surface area contributed by atoms with Gasteiger partial charge in [-0.1, -0.05) is 6.07 Å². The van der Waals surface area contributed by atoms with Crippen LogP contribution in [0.5, 0.6) is 0 Å². The molecule has 88 valence electrons. The molecule has 1 saturated heterocycles. The Labute approximate surface area is 99.1 Å². The molecule has 2 heterocycles. The predicted molar refractivity (Wildman–Crippen MR) is 66.7 cm³/mol. The molecule has 0 atom stereocenters. The number of hydrogen-bond acceptors (Lipinski definition) is 3. The molecule has 0 bridgehead atoms. The van der Waals surface area contributed by atoms with Crippen LogP contribution in [0.4, 0.5) is 0 Å². The first-order valence-corrected chi connectivity index (χ1v) is 7.22. The Morgan fingerprint density at radius 3 is 2.88 bits per heavy atom. The molecule has 3 nitrogen and oxygen atoms in total. The Balaban J connectivity index is 1.81. The molecule has 1 aromatic heterocycles. The van der Waals surface area contributed by atoms with Gasteiger partial charge in [-0.15, -0.1) is 0 Å². The van der Waals surface area contributed by atoms with E-state index in [0.29, 0.717) is 6.04 Å². The Morgan fingerprint density at radius 2 is 2.19 bits per heavy atom. The monoisotopic (exact) mass is 238 g/mol. The van der Waals surface area contributed by atoms with Crippen molar-refractivity contribution in [2.75, 3.05) is 11.5 Å². The highest BCUT2D eigenvalue weighted by Gasteiger charge is 2.16. The van der Waals surface area contributed by atoms with Crippen LogP contribution in [0.1, 0.15) is 24.0 Å². The zero-order chi connectivity index (χ0) is 11.4. The van der Waals surface area contributed by atoms with Gasteiger partial charge in [0.25, 0.3) is 0 Å². The Morgan fingerprint density at radius 1 is 1.44 bits per heavy atom. The number of pyridine rings is 1. The van der Waals surface area contributed by atoms with Gasteiger partial charge >= 0.3 is 0 Å². The van der Waals surface area contributed by atoms with Crippen LogP contribution in [-0.2, 0) is 17.3 Å². The van der Waals surface area contributed by atoms with Crippen molar-refractivity contribution in [3.8, 4) is 0 Å². The summed E-state index contributed by atoms with van der Waals surface area (Å²) in [4.78, 5) is 4.17. The van der Waals surface area contributed by atoms with E-state index in [9.17, 15) is 4.21 Å². The lowest BCUT2D eigenvalue weighted by atomic mass is 10.1. The van der Waals surface area contributed by atoms with Gasteiger partial charge in [-0.3, -0.25) is 9.19 Å². The van der Waals surface area contributed by atoms with Gasteiger partial charge in [0.05, 0.1) is 0 Å². The van der Waals surface area contributed by atoms with Gasteiger partial charge in [0.1, 0.15) is 0 Å². The van der Waals surface area contributed by atoms with E-state index in [4.69, 9.17) is 0 Å². The number of aryl methyl sites for hydroxylation is 1. The van der Waals surface area contributed by atoms with Crippen molar-refractivity contribution in [1.29, 1.82) is 0 Å². The lowest BCUT2D eigenvalue weighted by molar-refractivity contribution is 0.475. The van der Waals surface area contributed by atoms with E-state index < -0.39 is 10.8 Å². The summed E-state index contributed by atoms with van der Waals surface area (Å²) in [5.74, 6) is 1.70. The molecule has 0 radical (unpaired) electrons. The normalized spacial score (nSPS) is 25.6. The lowest BCUT2D eigenvalue weighted by Gasteiger charge is -2.22. The van der Waals surface area contributed by atoms with Gasteiger partial charge < -0.3 is 5.32 Å². The first-order chi connectivity index (χ1) is 7.74. The minimum atomic E-state index is -0.565. The minimum absolute atomic E-state index is 0.526. The van der Waals surface area contributed by atoms with Crippen LogP contribution in [0.3, 0.4) is 0 Å². The van der Waals surface area contributed by atoms with Crippen molar-refractivity contribution < 1.29 is 4.21 Å². The number of nitrogens with zero attached hydrogens (tertiary/aromatic N) is 1. The quantitative estimate of drug-likeness (QED) is 0.865. The largest absolute Gasteiger partial charge is 0.310 e. The molecule has 1 N–H and O–H groups in total. The van der Waals surface area contributed by atoms with Gasteiger partial charge in [0.2, 0.25) is 0 Å². The van der Waals surface area contributed by atoms with E-state index in [2.05, 4.69) is 23.3 Å². The molecule has 0 spiro atoms. The number of rotatable bonds is 3. The maximum Gasteiger partial charge on any atom is 0.0313 e. The second-order valence-electron chi connectivity index (χ2n) is 4.37. The highest BCUT2D eigenvalue weighted by atomic mass is 32.2. The second kappa shape index (κ2) is 5.55. The van der Waals surface area contributed by atoms with E-state index in [1.807, 2.05) is 12.4 Å². The van der Waals surface area contributed by atoms with Crippen LogP contribution in [0.15, 0.2) is 18.5 Å². The van der Waals surface area contributed by atoms with Crippen molar-refractivity contribution in [3.05, 3.63) is 29.6 Å². The third kappa shape index (κ3) is 3.39. The molecule has 0 saturated carbocycles. The van der Waals surface area contributed by atoms with E-state index in [1.165, 1.54) is 11.1 Å². The Bertz CT molecular complexity index is 371. The number of nitrogens with one attached hydrogen (secondary N) is 1. The zero-order valence-electron chi connectivity index (χ0n) is 9.61. The molecule has 1 aliphatic rings. The summed E-state index contributed by atoms with van der Waals surface area (Å²) < 4.78 is 11.2. The molecule has 1 aromatic rings. The average molecular weight is 238 g/mol. The Kier molecular flexibility index (Phi) is 4.07. The summed E-state index contributed by atoms with van der Waals surface area (Å²) >= 11 is 0. The molecule has 16 heavy (non-hydrogen) atoms. The fourth-order valence-electron chi connectivity index (χ4n) is 1.97.